The number of hydrogen-bond donors (Lipinski definition) is 0. The van der Waals surface area contributed by atoms with Gasteiger partial charge in [0.25, 0.3) is 0 Å². The molecule has 0 spiro atoms. The van der Waals surface area contributed by atoms with Crippen LogP contribution in [0, 0.1) is 5.92 Å². The van der Waals surface area contributed by atoms with Crippen molar-refractivity contribution in [2.24, 2.45) is 5.92 Å². The molecule has 98 valence electrons. The van der Waals surface area contributed by atoms with Gasteiger partial charge >= 0.3 is 0 Å². The first-order valence-corrected chi connectivity index (χ1v) is 7.11. The van der Waals surface area contributed by atoms with Crippen molar-refractivity contribution in [1.82, 2.24) is 9.97 Å². The minimum absolute atomic E-state index is 0.892. The molecular weight excluding hydrogens is 224 g/mol. The lowest BCUT2D eigenvalue weighted by Crippen LogP contribution is -2.30. The third-order valence-electron chi connectivity index (χ3n) is 3.94. The van der Waals surface area contributed by atoms with Crippen molar-refractivity contribution < 1.29 is 0 Å². The fraction of sp³-hybridized carbons (Fsp3) is 0.714. The molecule has 1 saturated carbocycles. The second-order valence-corrected chi connectivity index (χ2v) is 5.61. The lowest BCUT2D eigenvalue weighted by atomic mass is 10.1. The predicted octanol–water partition coefficient (Wildman–Crippen LogP) is 2.31. The molecule has 0 unspecified atom stereocenters. The summed E-state index contributed by atoms with van der Waals surface area (Å²) in [4.78, 5) is 13.5. The van der Waals surface area contributed by atoms with Crippen molar-refractivity contribution >= 4 is 11.6 Å². The highest BCUT2D eigenvalue weighted by Gasteiger charge is 2.23. The molecule has 1 saturated heterocycles. The molecule has 1 aliphatic heterocycles. The Kier molecular flexibility index (Phi) is 3.35. The van der Waals surface area contributed by atoms with Gasteiger partial charge in [0, 0.05) is 32.7 Å². The van der Waals surface area contributed by atoms with Crippen LogP contribution < -0.4 is 9.80 Å². The van der Waals surface area contributed by atoms with Gasteiger partial charge < -0.3 is 9.80 Å². The number of hydrogen-bond acceptors (Lipinski definition) is 4. The molecule has 0 atom stereocenters. The molecule has 2 fully saturated rings. The number of rotatable bonds is 4. The largest absolute Gasteiger partial charge is 0.359 e. The first kappa shape index (κ1) is 11.8. The van der Waals surface area contributed by atoms with Gasteiger partial charge in [0.05, 0.1) is 0 Å². The number of nitrogens with zero attached hydrogens (tertiary/aromatic N) is 4. The maximum Gasteiger partial charge on any atom is 0.134 e. The van der Waals surface area contributed by atoms with Crippen LogP contribution in [0.25, 0.3) is 0 Å². The number of piperidine rings is 1. The minimum atomic E-state index is 0.892. The van der Waals surface area contributed by atoms with E-state index in [2.05, 4.69) is 32.9 Å². The second kappa shape index (κ2) is 5.12. The summed E-state index contributed by atoms with van der Waals surface area (Å²) in [7, 11) is 2.14. The average molecular weight is 246 g/mol. The summed E-state index contributed by atoms with van der Waals surface area (Å²) in [5, 5.41) is 0. The van der Waals surface area contributed by atoms with Crippen molar-refractivity contribution in [3.05, 3.63) is 12.4 Å². The molecule has 4 heteroatoms. The summed E-state index contributed by atoms with van der Waals surface area (Å²) in [6.45, 7) is 3.42. The maximum absolute atomic E-state index is 4.43. The van der Waals surface area contributed by atoms with Gasteiger partial charge in [-0.2, -0.15) is 0 Å². The third kappa shape index (κ3) is 2.74. The molecule has 0 N–H and O–H groups in total. The van der Waals surface area contributed by atoms with E-state index in [0.29, 0.717) is 0 Å². The number of anilines is 2. The van der Waals surface area contributed by atoms with Crippen LogP contribution in [0.5, 0.6) is 0 Å². The Balaban J connectivity index is 1.70. The zero-order valence-corrected chi connectivity index (χ0v) is 11.2. The molecule has 3 rings (SSSR count). The normalized spacial score (nSPS) is 19.9. The Morgan fingerprint density at radius 1 is 1.22 bits per heavy atom. The van der Waals surface area contributed by atoms with Gasteiger partial charge in [-0.3, -0.25) is 0 Å². The van der Waals surface area contributed by atoms with Crippen LogP contribution in [-0.4, -0.2) is 36.6 Å². The Morgan fingerprint density at radius 2 is 2.00 bits per heavy atom. The first-order valence-electron chi connectivity index (χ1n) is 7.11. The Hall–Kier alpha value is -1.32. The Morgan fingerprint density at radius 3 is 2.72 bits per heavy atom. The van der Waals surface area contributed by atoms with Crippen molar-refractivity contribution in [2.75, 3.05) is 36.5 Å². The van der Waals surface area contributed by atoms with Gasteiger partial charge in [0.15, 0.2) is 0 Å². The quantitative estimate of drug-likeness (QED) is 0.816. The molecule has 4 nitrogen and oxygen atoms in total. The summed E-state index contributed by atoms with van der Waals surface area (Å²) in [5.74, 6) is 3.06. The van der Waals surface area contributed by atoms with E-state index in [1.807, 2.05) is 0 Å². The summed E-state index contributed by atoms with van der Waals surface area (Å²) < 4.78 is 0. The van der Waals surface area contributed by atoms with E-state index in [4.69, 9.17) is 0 Å². The number of aromatic nitrogens is 2. The Bertz CT molecular complexity index is 397. The highest BCUT2D eigenvalue weighted by atomic mass is 15.2. The van der Waals surface area contributed by atoms with E-state index in [0.717, 1.165) is 37.2 Å². The van der Waals surface area contributed by atoms with Crippen LogP contribution in [0.4, 0.5) is 11.6 Å². The smallest absolute Gasteiger partial charge is 0.134 e. The van der Waals surface area contributed by atoms with Crippen LogP contribution in [-0.2, 0) is 0 Å². The topological polar surface area (TPSA) is 32.3 Å². The van der Waals surface area contributed by atoms with Gasteiger partial charge in [0.2, 0.25) is 0 Å². The van der Waals surface area contributed by atoms with Crippen LogP contribution >= 0.6 is 0 Å². The molecule has 1 aromatic rings. The summed E-state index contributed by atoms with van der Waals surface area (Å²) >= 11 is 0. The first-order chi connectivity index (χ1) is 8.83. The summed E-state index contributed by atoms with van der Waals surface area (Å²) in [6, 6.07) is 2.15. The zero-order valence-electron chi connectivity index (χ0n) is 11.2. The van der Waals surface area contributed by atoms with Crippen molar-refractivity contribution in [3.63, 3.8) is 0 Å². The second-order valence-electron chi connectivity index (χ2n) is 5.61. The monoisotopic (exact) mass is 246 g/mol. The Labute approximate surface area is 109 Å². The van der Waals surface area contributed by atoms with E-state index in [-0.39, 0.29) is 0 Å². The molecule has 18 heavy (non-hydrogen) atoms. The maximum atomic E-state index is 4.43. The fourth-order valence-electron chi connectivity index (χ4n) is 2.62. The molecule has 1 aliphatic carbocycles. The van der Waals surface area contributed by atoms with E-state index in [1.54, 1.807) is 6.33 Å². The van der Waals surface area contributed by atoms with Crippen molar-refractivity contribution in [3.8, 4) is 0 Å². The summed E-state index contributed by atoms with van der Waals surface area (Å²) in [6.07, 6.45) is 8.41. The fourth-order valence-corrected chi connectivity index (χ4v) is 2.62. The van der Waals surface area contributed by atoms with E-state index >= 15 is 0 Å². The van der Waals surface area contributed by atoms with Gasteiger partial charge in [-0.15, -0.1) is 0 Å². The molecule has 2 heterocycles. The van der Waals surface area contributed by atoms with Crippen LogP contribution in [0.3, 0.4) is 0 Å². The average Bonchev–Trinajstić information content (AvgIpc) is 3.24. The van der Waals surface area contributed by atoms with E-state index in [9.17, 15) is 0 Å². The molecule has 2 aliphatic rings. The van der Waals surface area contributed by atoms with E-state index < -0.39 is 0 Å². The van der Waals surface area contributed by atoms with Gasteiger partial charge in [0.1, 0.15) is 18.0 Å². The highest BCUT2D eigenvalue weighted by Crippen LogP contribution is 2.30. The standard InChI is InChI=1S/C14H22N4/c1-17(10-12-5-6-12)13-9-14(16-11-15-13)18-7-3-2-4-8-18/h9,11-12H,2-8,10H2,1H3. The molecule has 1 aromatic heterocycles. The van der Waals surface area contributed by atoms with Gasteiger partial charge in [-0.25, -0.2) is 9.97 Å². The van der Waals surface area contributed by atoms with Crippen LogP contribution in [0.1, 0.15) is 32.1 Å². The van der Waals surface area contributed by atoms with Crippen LogP contribution in [0.15, 0.2) is 12.4 Å². The van der Waals surface area contributed by atoms with Crippen LogP contribution in [0.2, 0.25) is 0 Å². The predicted molar refractivity (Wildman–Crippen MR) is 74.1 cm³/mol. The van der Waals surface area contributed by atoms with Crippen molar-refractivity contribution in [2.45, 2.75) is 32.1 Å². The van der Waals surface area contributed by atoms with Gasteiger partial charge in [-0.05, 0) is 38.0 Å². The molecule has 0 aromatic carbocycles. The molecular formula is C14H22N4. The third-order valence-corrected chi connectivity index (χ3v) is 3.94. The molecule has 0 radical (unpaired) electrons. The summed E-state index contributed by atoms with van der Waals surface area (Å²) in [5.41, 5.74) is 0. The van der Waals surface area contributed by atoms with E-state index in [1.165, 1.54) is 32.1 Å². The van der Waals surface area contributed by atoms with Gasteiger partial charge in [-0.1, -0.05) is 0 Å². The molecule has 0 amide bonds. The molecule has 0 bridgehead atoms. The lowest BCUT2D eigenvalue weighted by molar-refractivity contribution is 0.573. The minimum Gasteiger partial charge on any atom is -0.359 e. The zero-order chi connectivity index (χ0) is 12.4. The lowest BCUT2D eigenvalue weighted by Gasteiger charge is -2.28. The highest BCUT2D eigenvalue weighted by molar-refractivity contribution is 5.50. The SMILES string of the molecule is CN(CC1CC1)c1cc(N2CCCCC2)ncn1. The van der Waals surface area contributed by atoms with Crippen molar-refractivity contribution in [1.29, 1.82) is 0 Å².